The molecular weight excluding hydrogens is 266 g/mol. The molecule has 0 spiro atoms. The molecule has 1 fully saturated rings. The highest BCUT2D eigenvalue weighted by Gasteiger charge is 2.42. The summed E-state index contributed by atoms with van der Waals surface area (Å²) >= 11 is 7.59. The third-order valence-corrected chi connectivity index (χ3v) is 5.20. The summed E-state index contributed by atoms with van der Waals surface area (Å²) in [4.78, 5) is 1.14. The standard InChI is InChI=1S/C14H22ClNOS/c1-3-17-14(8-4-5-10(2)9-14)13(16)11-6-7-12(15)18-11/h6-7,10,13H,3-5,8-9,16H2,1-2H3. The molecule has 2 N–H and O–H groups in total. The van der Waals surface area contributed by atoms with Gasteiger partial charge in [-0.25, -0.2) is 0 Å². The van der Waals surface area contributed by atoms with E-state index >= 15 is 0 Å². The molecule has 0 aromatic carbocycles. The van der Waals surface area contributed by atoms with Gasteiger partial charge in [0.15, 0.2) is 0 Å². The van der Waals surface area contributed by atoms with Gasteiger partial charge in [0.05, 0.1) is 16.0 Å². The van der Waals surface area contributed by atoms with Crippen LogP contribution in [-0.4, -0.2) is 12.2 Å². The van der Waals surface area contributed by atoms with Crippen LogP contribution in [0.4, 0.5) is 0 Å². The van der Waals surface area contributed by atoms with E-state index in [-0.39, 0.29) is 11.6 Å². The van der Waals surface area contributed by atoms with Crippen molar-refractivity contribution in [2.75, 3.05) is 6.61 Å². The fraction of sp³-hybridized carbons (Fsp3) is 0.714. The number of halogens is 1. The third-order valence-electron chi connectivity index (χ3n) is 3.89. The van der Waals surface area contributed by atoms with Crippen molar-refractivity contribution in [3.63, 3.8) is 0 Å². The van der Waals surface area contributed by atoms with E-state index < -0.39 is 0 Å². The summed E-state index contributed by atoms with van der Waals surface area (Å²) in [5.41, 5.74) is 6.30. The summed E-state index contributed by atoms with van der Waals surface area (Å²) < 4.78 is 6.91. The Morgan fingerprint density at radius 3 is 2.94 bits per heavy atom. The molecule has 1 aromatic rings. The zero-order valence-corrected chi connectivity index (χ0v) is 12.7. The summed E-state index contributed by atoms with van der Waals surface area (Å²) in [6.07, 6.45) is 4.60. The molecule has 0 radical (unpaired) electrons. The zero-order chi connectivity index (χ0) is 13.2. The van der Waals surface area contributed by atoms with Gasteiger partial charge >= 0.3 is 0 Å². The van der Waals surface area contributed by atoms with E-state index in [4.69, 9.17) is 22.1 Å². The van der Waals surface area contributed by atoms with E-state index in [9.17, 15) is 0 Å². The predicted molar refractivity (Wildman–Crippen MR) is 78.2 cm³/mol. The lowest BCUT2D eigenvalue weighted by Gasteiger charge is -2.43. The van der Waals surface area contributed by atoms with Crippen LogP contribution >= 0.6 is 22.9 Å². The second-order valence-corrected chi connectivity index (χ2v) is 7.07. The van der Waals surface area contributed by atoms with Crippen molar-refractivity contribution in [2.45, 2.75) is 51.2 Å². The SMILES string of the molecule is CCOC1(C(N)c2ccc(Cl)s2)CCCC(C)C1. The van der Waals surface area contributed by atoms with Crippen molar-refractivity contribution in [2.24, 2.45) is 11.7 Å². The molecule has 0 amide bonds. The van der Waals surface area contributed by atoms with Gasteiger partial charge in [-0.15, -0.1) is 11.3 Å². The quantitative estimate of drug-likeness (QED) is 0.891. The van der Waals surface area contributed by atoms with Crippen LogP contribution in [0.5, 0.6) is 0 Å². The second kappa shape index (κ2) is 5.91. The van der Waals surface area contributed by atoms with E-state index in [0.29, 0.717) is 5.92 Å². The number of ether oxygens (including phenoxy) is 1. The maximum absolute atomic E-state index is 6.49. The Morgan fingerprint density at radius 2 is 2.39 bits per heavy atom. The molecule has 4 heteroatoms. The van der Waals surface area contributed by atoms with Crippen LogP contribution in [0.1, 0.15) is 50.4 Å². The van der Waals surface area contributed by atoms with E-state index in [0.717, 1.165) is 28.7 Å². The first kappa shape index (κ1) is 14.3. The van der Waals surface area contributed by atoms with E-state index in [1.807, 2.05) is 12.1 Å². The zero-order valence-electron chi connectivity index (χ0n) is 11.1. The van der Waals surface area contributed by atoms with Crippen molar-refractivity contribution in [1.82, 2.24) is 0 Å². The van der Waals surface area contributed by atoms with Gasteiger partial charge in [-0.2, -0.15) is 0 Å². The number of hydrogen-bond donors (Lipinski definition) is 1. The highest BCUT2D eigenvalue weighted by Crippen LogP contribution is 2.44. The Kier molecular flexibility index (Phi) is 4.70. The normalized spacial score (nSPS) is 30.3. The van der Waals surface area contributed by atoms with Gasteiger partial charge in [0.2, 0.25) is 0 Å². The van der Waals surface area contributed by atoms with Crippen LogP contribution < -0.4 is 5.73 Å². The van der Waals surface area contributed by atoms with Crippen molar-refractivity contribution >= 4 is 22.9 Å². The molecule has 2 rings (SSSR count). The topological polar surface area (TPSA) is 35.2 Å². The smallest absolute Gasteiger partial charge is 0.0931 e. The number of nitrogens with two attached hydrogens (primary N) is 1. The molecule has 0 saturated heterocycles. The number of hydrogen-bond acceptors (Lipinski definition) is 3. The van der Waals surface area contributed by atoms with Crippen LogP contribution in [0.25, 0.3) is 0 Å². The van der Waals surface area contributed by atoms with Crippen LogP contribution in [-0.2, 0) is 4.74 Å². The van der Waals surface area contributed by atoms with Crippen LogP contribution in [0.2, 0.25) is 4.34 Å². The fourth-order valence-corrected chi connectivity index (χ4v) is 4.26. The monoisotopic (exact) mass is 287 g/mol. The summed E-state index contributed by atoms with van der Waals surface area (Å²) in [5, 5.41) is 0. The molecule has 1 heterocycles. The first-order valence-electron chi connectivity index (χ1n) is 6.72. The summed E-state index contributed by atoms with van der Waals surface area (Å²) in [7, 11) is 0. The minimum atomic E-state index is -0.194. The van der Waals surface area contributed by atoms with Crippen LogP contribution in [0.15, 0.2) is 12.1 Å². The largest absolute Gasteiger partial charge is 0.373 e. The van der Waals surface area contributed by atoms with Gasteiger partial charge in [0.25, 0.3) is 0 Å². The van der Waals surface area contributed by atoms with Crippen molar-refractivity contribution < 1.29 is 4.74 Å². The van der Waals surface area contributed by atoms with Gasteiger partial charge in [0.1, 0.15) is 0 Å². The molecule has 0 bridgehead atoms. The molecule has 3 atom stereocenters. The summed E-state index contributed by atoms with van der Waals surface area (Å²) in [5.74, 6) is 0.687. The molecule has 102 valence electrons. The number of thiophene rings is 1. The fourth-order valence-electron chi connectivity index (χ4n) is 3.09. The average molecular weight is 288 g/mol. The summed E-state index contributed by atoms with van der Waals surface area (Å²) in [6.45, 7) is 5.07. The molecule has 1 aliphatic rings. The van der Waals surface area contributed by atoms with Crippen LogP contribution in [0, 0.1) is 5.92 Å². The average Bonchev–Trinajstić information content (AvgIpc) is 2.75. The van der Waals surface area contributed by atoms with Crippen molar-refractivity contribution in [3.05, 3.63) is 21.3 Å². The molecule has 1 aliphatic carbocycles. The highest BCUT2D eigenvalue weighted by atomic mass is 35.5. The maximum atomic E-state index is 6.49. The lowest BCUT2D eigenvalue weighted by Crippen LogP contribution is -2.46. The first-order chi connectivity index (χ1) is 8.57. The van der Waals surface area contributed by atoms with Gasteiger partial charge in [-0.3, -0.25) is 0 Å². The third kappa shape index (κ3) is 2.90. The minimum absolute atomic E-state index is 0.0577. The first-order valence-corrected chi connectivity index (χ1v) is 7.91. The lowest BCUT2D eigenvalue weighted by atomic mass is 9.74. The maximum Gasteiger partial charge on any atom is 0.0931 e. The molecule has 0 aliphatic heterocycles. The lowest BCUT2D eigenvalue weighted by molar-refractivity contribution is -0.0932. The molecular formula is C14H22ClNOS. The molecule has 2 nitrogen and oxygen atoms in total. The Labute approximate surface area is 118 Å². The van der Waals surface area contributed by atoms with Crippen LogP contribution in [0.3, 0.4) is 0 Å². The van der Waals surface area contributed by atoms with Crippen molar-refractivity contribution in [3.8, 4) is 0 Å². The highest BCUT2D eigenvalue weighted by molar-refractivity contribution is 7.16. The Morgan fingerprint density at radius 1 is 1.61 bits per heavy atom. The second-order valence-electron chi connectivity index (χ2n) is 5.32. The minimum Gasteiger partial charge on any atom is -0.373 e. The Balaban J connectivity index is 2.23. The van der Waals surface area contributed by atoms with Crippen molar-refractivity contribution in [1.29, 1.82) is 0 Å². The van der Waals surface area contributed by atoms with Gasteiger partial charge in [-0.05, 0) is 37.8 Å². The Bertz CT molecular complexity index is 391. The van der Waals surface area contributed by atoms with Gasteiger partial charge in [0, 0.05) is 11.5 Å². The molecule has 18 heavy (non-hydrogen) atoms. The van der Waals surface area contributed by atoms with E-state index in [1.54, 1.807) is 11.3 Å². The van der Waals surface area contributed by atoms with Gasteiger partial charge < -0.3 is 10.5 Å². The number of rotatable bonds is 4. The van der Waals surface area contributed by atoms with E-state index in [1.165, 1.54) is 12.8 Å². The Hall–Kier alpha value is -0.0900. The summed E-state index contributed by atoms with van der Waals surface area (Å²) in [6, 6.07) is 3.91. The molecule has 1 aromatic heterocycles. The predicted octanol–water partition coefficient (Wildman–Crippen LogP) is 4.39. The van der Waals surface area contributed by atoms with Gasteiger partial charge in [-0.1, -0.05) is 31.4 Å². The molecule has 3 unspecified atom stereocenters. The molecule has 1 saturated carbocycles. The van der Waals surface area contributed by atoms with E-state index in [2.05, 4.69) is 13.8 Å².